The molecule has 1 aliphatic carbocycles. The lowest BCUT2D eigenvalue weighted by atomic mass is 9.68. The van der Waals surface area contributed by atoms with Gasteiger partial charge in [0.1, 0.15) is 0 Å². The van der Waals surface area contributed by atoms with Crippen LogP contribution in [0.3, 0.4) is 0 Å². The van der Waals surface area contributed by atoms with E-state index in [-0.39, 0.29) is 0 Å². The molecule has 0 saturated carbocycles. The zero-order valence-electron chi connectivity index (χ0n) is 39.0. The lowest BCUT2D eigenvalue weighted by molar-refractivity contribution is 0.768. The molecule has 0 radical (unpaired) electrons. The molecule has 0 amide bonds. The summed E-state index contributed by atoms with van der Waals surface area (Å²) in [6.07, 6.45) is 0. The van der Waals surface area contributed by atoms with Crippen molar-refractivity contribution in [3.8, 4) is 39.1 Å². The van der Waals surface area contributed by atoms with E-state index in [1.807, 2.05) is 0 Å². The minimum absolute atomic E-state index is 0.461. The van der Waals surface area contributed by atoms with Crippen LogP contribution in [0.2, 0.25) is 0 Å². The van der Waals surface area contributed by atoms with Crippen LogP contribution in [0.1, 0.15) is 22.3 Å². The molecule has 0 saturated heterocycles. The van der Waals surface area contributed by atoms with E-state index < -0.39 is 5.41 Å². The van der Waals surface area contributed by atoms with Gasteiger partial charge < -0.3 is 9.47 Å². The summed E-state index contributed by atoms with van der Waals surface area (Å²) in [5.41, 5.74) is 18.8. The van der Waals surface area contributed by atoms with Gasteiger partial charge in [-0.25, -0.2) is 0 Å². The molecular formula is C69H46N2. The Morgan fingerprint density at radius 3 is 1.46 bits per heavy atom. The van der Waals surface area contributed by atoms with Crippen molar-refractivity contribution in [1.29, 1.82) is 0 Å². The standard InChI is InChI=1S/C69H46N2/c1-3-25-50(26-4-1)69(51-27-5-2-6-28-51)62-36-16-13-33-57(62)61-46-52(42-44-63(61)69)70-66-37-17-15-35-59(66)60-43-41-49(45-68(60)70)53-29-11-12-32-56(53)58-34-14-18-38-67(58)71(64-39-19-23-47-21-7-9-30-54(47)64)65-40-20-24-48-22-8-10-31-55(48)65/h1-46H. The maximum absolute atomic E-state index is 2.49. The van der Waals surface area contributed by atoms with E-state index in [1.165, 1.54) is 87.9 Å². The van der Waals surface area contributed by atoms with Gasteiger partial charge in [-0.15, -0.1) is 0 Å². The van der Waals surface area contributed by atoms with Crippen molar-refractivity contribution in [2.24, 2.45) is 0 Å². The predicted octanol–water partition coefficient (Wildman–Crippen LogP) is 18.3. The highest BCUT2D eigenvalue weighted by Crippen LogP contribution is 2.57. The van der Waals surface area contributed by atoms with E-state index in [0.717, 1.165) is 33.9 Å². The van der Waals surface area contributed by atoms with Crippen molar-refractivity contribution >= 4 is 60.4 Å². The fourth-order valence-electron chi connectivity index (χ4n) is 12.1. The Kier molecular flexibility index (Phi) is 9.47. The second-order valence-corrected chi connectivity index (χ2v) is 18.7. The molecule has 12 aromatic carbocycles. The highest BCUT2D eigenvalue weighted by molar-refractivity contribution is 6.11. The van der Waals surface area contributed by atoms with Crippen LogP contribution in [0.4, 0.5) is 17.1 Å². The van der Waals surface area contributed by atoms with Crippen LogP contribution in [0.15, 0.2) is 279 Å². The molecule has 0 fully saturated rings. The highest BCUT2D eigenvalue weighted by atomic mass is 15.1. The van der Waals surface area contributed by atoms with Crippen molar-refractivity contribution in [1.82, 2.24) is 4.57 Å². The van der Waals surface area contributed by atoms with Gasteiger partial charge in [-0.05, 0) is 103 Å². The van der Waals surface area contributed by atoms with Crippen molar-refractivity contribution < 1.29 is 0 Å². The Balaban J connectivity index is 0.968. The van der Waals surface area contributed by atoms with Gasteiger partial charge in [-0.3, -0.25) is 0 Å². The van der Waals surface area contributed by atoms with Gasteiger partial charge in [0.15, 0.2) is 0 Å². The molecule has 2 nitrogen and oxygen atoms in total. The normalized spacial score (nSPS) is 12.6. The van der Waals surface area contributed by atoms with Crippen LogP contribution < -0.4 is 4.90 Å². The summed E-state index contributed by atoms with van der Waals surface area (Å²) in [5.74, 6) is 0. The molecule has 1 aliphatic rings. The van der Waals surface area contributed by atoms with Crippen molar-refractivity contribution in [2.75, 3.05) is 4.90 Å². The maximum Gasteiger partial charge on any atom is 0.0713 e. The second kappa shape index (κ2) is 16.5. The summed E-state index contributed by atoms with van der Waals surface area (Å²) in [7, 11) is 0. The average molecular weight is 903 g/mol. The maximum atomic E-state index is 2.49. The Bertz CT molecular complexity index is 4050. The zero-order valence-corrected chi connectivity index (χ0v) is 39.0. The molecule has 2 heteroatoms. The van der Waals surface area contributed by atoms with E-state index >= 15 is 0 Å². The van der Waals surface area contributed by atoms with Gasteiger partial charge in [-0.1, -0.05) is 237 Å². The van der Waals surface area contributed by atoms with E-state index in [4.69, 9.17) is 0 Å². The van der Waals surface area contributed by atoms with Gasteiger partial charge >= 0.3 is 0 Å². The molecule has 13 aromatic rings. The summed E-state index contributed by atoms with van der Waals surface area (Å²) in [6.45, 7) is 0. The first-order chi connectivity index (χ1) is 35.3. The van der Waals surface area contributed by atoms with Gasteiger partial charge in [0, 0.05) is 32.8 Å². The number of aromatic nitrogens is 1. The minimum atomic E-state index is -0.461. The molecule has 0 spiro atoms. The Morgan fingerprint density at radius 2 is 0.775 bits per heavy atom. The van der Waals surface area contributed by atoms with Crippen LogP contribution >= 0.6 is 0 Å². The molecular weight excluding hydrogens is 857 g/mol. The van der Waals surface area contributed by atoms with Crippen LogP contribution in [0.5, 0.6) is 0 Å². The predicted molar refractivity (Wildman–Crippen MR) is 299 cm³/mol. The number of nitrogens with zero attached hydrogens (tertiary/aromatic N) is 2. The highest BCUT2D eigenvalue weighted by Gasteiger charge is 2.46. The number of rotatable bonds is 8. The van der Waals surface area contributed by atoms with Gasteiger partial charge in [0.25, 0.3) is 0 Å². The molecule has 0 unspecified atom stereocenters. The molecule has 0 bridgehead atoms. The molecule has 1 heterocycles. The molecule has 71 heavy (non-hydrogen) atoms. The van der Waals surface area contributed by atoms with Gasteiger partial charge in [0.2, 0.25) is 0 Å². The first-order valence-corrected chi connectivity index (χ1v) is 24.6. The summed E-state index contributed by atoms with van der Waals surface area (Å²) in [5, 5.41) is 7.27. The van der Waals surface area contributed by atoms with E-state index in [0.29, 0.717) is 0 Å². The Labute approximate surface area is 413 Å². The summed E-state index contributed by atoms with van der Waals surface area (Å²) in [6, 6.07) is 103. The van der Waals surface area contributed by atoms with E-state index in [9.17, 15) is 0 Å². The lowest BCUT2D eigenvalue weighted by Crippen LogP contribution is -2.28. The van der Waals surface area contributed by atoms with Crippen molar-refractivity contribution in [3.63, 3.8) is 0 Å². The third-order valence-corrected chi connectivity index (χ3v) is 15.1. The summed E-state index contributed by atoms with van der Waals surface area (Å²) in [4.78, 5) is 2.48. The topological polar surface area (TPSA) is 8.17 Å². The van der Waals surface area contributed by atoms with Crippen molar-refractivity contribution in [2.45, 2.75) is 5.41 Å². The fraction of sp³-hybridized carbons (Fsp3) is 0.0145. The molecule has 0 atom stereocenters. The first-order valence-electron chi connectivity index (χ1n) is 24.6. The fourth-order valence-corrected chi connectivity index (χ4v) is 12.1. The molecule has 1 aromatic heterocycles. The van der Waals surface area contributed by atoms with Crippen LogP contribution in [0.25, 0.3) is 82.4 Å². The van der Waals surface area contributed by atoms with Crippen LogP contribution in [-0.4, -0.2) is 4.57 Å². The number of hydrogen-bond donors (Lipinski definition) is 0. The summed E-state index contributed by atoms with van der Waals surface area (Å²) >= 11 is 0. The van der Waals surface area contributed by atoms with E-state index in [1.54, 1.807) is 0 Å². The average Bonchev–Trinajstić information content (AvgIpc) is 3.94. The molecule has 332 valence electrons. The minimum Gasteiger partial charge on any atom is -0.309 e. The Hall–Kier alpha value is -9.24. The third-order valence-electron chi connectivity index (χ3n) is 15.1. The monoisotopic (exact) mass is 902 g/mol. The zero-order chi connectivity index (χ0) is 46.9. The number of benzene rings is 12. The third kappa shape index (κ3) is 6.28. The number of hydrogen-bond acceptors (Lipinski definition) is 1. The summed E-state index contributed by atoms with van der Waals surface area (Å²) < 4.78 is 2.49. The van der Waals surface area contributed by atoms with Crippen LogP contribution in [-0.2, 0) is 5.41 Å². The largest absolute Gasteiger partial charge is 0.309 e. The first kappa shape index (κ1) is 40.8. The Morgan fingerprint density at radius 1 is 0.282 bits per heavy atom. The van der Waals surface area contributed by atoms with Crippen LogP contribution in [0, 0.1) is 0 Å². The number of anilines is 3. The molecule has 0 N–H and O–H groups in total. The second-order valence-electron chi connectivity index (χ2n) is 18.7. The molecule has 14 rings (SSSR count). The number of fused-ring (bicyclic) bond motifs is 8. The number of para-hydroxylation sites is 2. The lowest BCUT2D eigenvalue weighted by Gasteiger charge is -2.33. The quantitative estimate of drug-likeness (QED) is 0.147. The van der Waals surface area contributed by atoms with Crippen molar-refractivity contribution in [3.05, 3.63) is 301 Å². The van der Waals surface area contributed by atoms with Gasteiger partial charge in [0.05, 0.1) is 33.5 Å². The van der Waals surface area contributed by atoms with Gasteiger partial charge in [-0.2, -0.15) is 0 Å². The molecule has 0 aliphatic heterocycles. The SMILES string of the molecule is c1ccc(C2(c3ccccc3)c3ccccc3-c3cc(-n4c5ccccc5c5ccc(-c6ccccc6-c6ccccc6N(c6cccc7ccccc67)c6cccc7ccccc67)cc54)ccc32)cc1. The van der Waals surface area contributed by atoms with E-state index in [2.05, 4.69) is 289 Å². The smallest absolute Gasteiger partial charge is 0.0713 e.